The first kappa shape index (κ1) is 21.9. The smallest absolute Gasteiger partial charge is 0.230 e. The number of rotatable bonds is 9. The zero-order valence-electron chi connectivity index (χ0n) is 17.9. The highest BCUT2D eigenvalue weighted by Crippen LogP contribution is 2.28. The van der Waals surface area contributed by atoms with E-state index in [9.17, 15) is 4.79 Å². The summed E-state index contributed by atoms with van der Waals surface area (Å²) in [7, 11) is 1.89. The first-order chi connectivity index (χ1) is 14.4. The Labute approximate surface area is 182 Å². The lowest BCUT2D eigenvalue weighted by atomic mass is 10.0. The Hall–Kier alpha value is -2.80. The molecule has 1 amide bonds. The molecule has 1 aromatic heterocycles. The van der Waals surface area contributed by atoms with Gasteiger partial charge in [-0.2, -0.15) is 0 Å². The van der Waals surface area contributed by atoms with E-state index < -0.39 is 0 Å². The minimum atomic E-state index is -0.0361. The minimum absolute atomic E-state index is 0.0361. The fourth-order valence-corrected chi connectivity index (χ4v) is 3.72. The maximum absolute atomic E-state index is 12.1. The van der Waals surface area contributed by atoms with Crippen molar-refractivity contribution in [3.63, 3.8) is 0 Å². The summed E-state index contributed by atoms with van der Waals surface area (Å²) < 4.78 is 7.94. The number of ether oxygens (including phenoxy) is 1. The van der Waals surface area contributed by atoms with Gasteiger partial charge in [0.05, 0.1) is 5.75 Å². The number of carbonyl (C=O) groups is 1. The van der Waals surface area contributed by atoms with Gasteiger partial charge in [-0.25, -0.2) is 0 Å². The second-order valence-electron chi connectivity index (χ2n) is 7.49. The van der Waals surface area contributed by atoms with E-state index in [1.807, 2.05) is 41.9 Å². The molecule has 3 aromatic rings. The van der Waals surface area contributed by atoms with E-state index in [1.165, 1.54) is 17.3 Å². The van der Waals surface area contributed by atoms with Crippen molar-refractivity contribution in [1.82, 2.24) is 20.1 Å². The zero-order valence-corrected chi connectivity index (χ0v) is 18.7. The molecule has 0 saturated heterocycles. The Balaban J connectivity index is 1.53. The van der Waals surface area contributed by atoms with Gasteiger partial charge in [0.25, 0.3) is 0 Å². The monoisotopic (exact) mass is 424 g/mol. The number of thioether (sulfide) groups is 1. The summed E-state index contributed by atoms with van der Waals surface area (Å²) in [6, 6.07) is 16.1. The van der Waals surface area contributed by atoms with Crippen molar-refractivity contribution in [2.45, 2.75) is 45.0 Å². The second-order valence-corrected chi connectivity index (χ2v) is 8.44. The van der Waals surface area contributed by atoms with Crippen LogP contribution in [0, 0.1) is 6.92 Å². The van der Waals surface area contributed by atoms with Gasteiger partial charge in [0.1, 0.15) is 12.4 Å². The van der Waals surface area contributed by atoms with Crippen molar-refractivity contribution >= 4 is 17.7 Å². The van der Waals surface area contributed by atoms with Crippen molar-refractivity contribution in [3.8, 4) is 5.75 Å². The molecule has 0 atom stereocenters. The molecule has 0 spiro atoms. The molecule has 158 valence electrons. The normalized spacial score (nSPS) is 11.0. The number of carbonyl (C=O) groups excluding carboxylic acids is 1. The number of aryl methyl sites for hydroxylation is 1. The molecule has 0 fully saturated rings. The van der Waals surface area contributed by atoms with Crippen molar-refractivity contribution in [1.29, 1.82) is 0 Å². The lowest BCUT2D eigenvalue weighted by Gasteiger charge is -2.14. The average molecular weight is 425 g/mol. The molecule has 30 heavy (non-hydrogen) atoms. The Morgan fingerprint density at radius 3 is 2.67 bits per heavy atom. The topological polar surface area (TPSA) is 69.0 Å². The van der Waals surface area contributed by atoms with E-state index in [0.717, 1.165) is 22.7 Å². The molecule has 0 aliphatic heterocycles. The molecule has 0 unspecified atom stereocenters. The highest BCUT2D eigenvalue weighted by Gasteiger charge is 2.14. The fraction of sp³-hybridized carbons (Fsp3) is 0.348. The Morgan fingerprint density at radius 1 is 1.17 bits per heavy atom. The number of nitrogens with zero attached hydrogens (tertiary/aromatic N) is 3. The van der Waals surface area contributed by atoms with Crippen molar-refractivity contribution in [3.05, 3.63) is 71.0 Å². The third-order valence-electron chi connectivity index (χ3n) is 4.74. The third-order valence-corrected chi connectivity index (χ3v) is 5.76. The summed E-state index contributed by atoms with van der Waals surface area (Å²) in [5, 5.41) is 12.1. The maximum atomic E-state index is 12.1. The van der Waals surface area contributed by atoms with Crippen LogP contribution in [0.5, 0.6) is 5.75 Å². The van der Waals surface area contributed by atoms with Crippen LogP contribution in [0.3, 0.4) is 0 Å². The molecule has 2 aromatic carbocycles. The fourth-order valence-electron chi connectivity index (χ4n) is 2.96. The molecule has 0 bridgehead atoms. The quantitative estimate of drug-likeness (QED) is 0.521. The van der Waals surface area contributed by atoms with Crippen molar-refractivity contribution in [2.24, 2.45) is 7.05 Å². The lowest BCUT2D eigenvalue weighted by molar-refractivity contribution is -0.118. The van der Waals surface area contributed by atoms with E-state index in [1.54, 1.807) is 0 Å². The van der Waals surface area contributed by atoms with Gasteiger partial charge in [-0.15, -0.1) is 10.2 Å². The Kier molecular flexibility index (Phi) is 7.52. The molecular formula is C23H28N4O2S. The molecule has 0 aliphatic carbocycles. The predicted octanol–water partition coefficient (Wildman–Crippen LogP) is 4.23. The summed E-state index contributed by atoms with van der Waals surface area (Å²) in [4.78, 5) is 12.1. The van der Waals surface area contributed by atoms with Crippen LogP contribution >= 0.6 is 11.8 Å². The predicted molar refractivity (Wildman–Crippen MR) is 120 cm³/mol. The van der Waals surface area contributed by atoms with E-state index in [-0.39, 0.29) is 11.7 Å². The van der Waals surface area contributed by atoms with E-state index in [2.05, 4.69) is 54.5 Å². The van der Waals surface area contributed by atoms with Gasteiger partial charge in [-0.05, 0) is 35.6 Å². The van der Waals surface area contributed by atoms with Gasteiger partial charge >= 0.3 is 0 Å². The van der Waals surface area contributed by atoms with Gasteiger partial charge in [-0.3, -0.25) is 4.79 Å². The molecule has 0 saturated carbocycles. The van der Waals surface area contributed by atoms with Crippen LogP contribution in [0.15, 0.2) is 53.7 Å². The summed E-state index contributed by atoms with van der Waals surface area (Å²) in [5.74, 6) is 2.22. The van der Waals surface area contributed by atoms with Gasteiger partial charge < -0.3 is 14.6 Å². The standard InChI is InChI=1S/C23H28N4O2S/c1-16(2)19-11-10-17(3)12-20(19)29-14-21-25-26-23(27(21)4)30-15-22(28)24-13-18-8-6-5-7-9-18/h5-12,16H,13-15H2,1-4H3,(H,24,28). The SMILES string of the molecule is Cc1ccc(C(C)C)c(OCc2nnc(SCC(=O)NCc3ccccc3)n2C)c1. The summed E-state index contributed by atoms with van der Waals surface area (Å²) in [5.41, 5.74) is 3.41. The van der Waals surface area contributed by atoms with E-state index >= 15 is 0 Å². The molecule has 3 rings (SSSR count). The molecule has 0 aliphatic rings. The number of amides is 1. The van der Waals surface area contributed by atoms with Gasteiger partial charge in [-0.1, -0.05) is 68.1 Å². The van der Waals surface area contributed by atoms with Crippen LogP contribution in [0.1, 0.15) is 42.3 Å². The molecule has 7 heteroatoms. The average Bonchev–Trinajstić information content (AvgIpc) is 3.09. The van der Waals surface area contributed by atoms with Gasteiger partial charge in [0.15, 0.2) is 11.0 Å². The van der Waals surface area contributed by atoms with E-state index in [4.69, 9.17) is 4.74 Å². The Morgan fingerprint density at radius 2 is 1.93 bits per heavy atom. The van der Waals surface area contributed by atoms with Crippen LogP contribution in [-0.4, -0.2) is 26.4 Å². The summed E-state index contributed by atoms with van der Waals surface area (Å²) in [6.45, 7) is 7.20. The molecule has 0 radical (unpaired) electrons. The minimum Gasteiger partial charge on any atom is -0.485 e. The lowest BCUT2D eigenvalue weighted by Crippen LogP contribution is -2.24. The van der Waals surface area contributed by atoms with Gasteiger partial charge in [0, 0.05) is 13.6 Å². The molecule has 1 N–H and O–H groups in total. The highest BCUT2D eigenvalue weighted by atomic mass is 32.2. The van der Waals surface area contributed by atoms with Crippen LogP contribution in [0.4, 0.5) is 0 Å². The number of aromatic nitrogens is 3. The summed E-state index contributed by atoms with van der Waals surface area (Å²) in [6.07, 6.45) is 0. The maximum Gasteiger partial charge on any atom is 0.230 e. The van der Waals surface area contributed by atoms with Gasteiger partial charge in [0.2, 0.25) is 5.91 Å². The number of benzene rings is 2. The molecule has 1 heterocycles. The highest BCUT2D eigenvalue weighted by molar-refractivity contribution is 7.99. The van der Waals surface area contributed by atoms with E-state index in [0.29, 0.717) is 24.2 Å². The number of hydrogen-bond donors (Lipinski definition) is 1. The third kappa shape index (κ3) is 5.86. The second kappa shape index (κ2) is 10.3. The van der Waals surface area contributed by atoms with Crippen molar-refractivity contribution in [2.75, 3.05) is 5.75 Å². The molecular weight excluding hydrogens is 396 g/mol. The zero-order chi connectivity index (χ0) is 21.5. The first-order valence-corrected chi connectivity index (χ1v) is 11.0. The summed E-state index contributed by atoms with van der Waals surface area (Å²) >= 11 is 1.37. The largest absolute Gasteiger partial charge is 0.485 e. The van der Waals surface area contributed by atoms with Crippen LogP contribution in [-0.2, 0) is 25.0 Å². The Bertz CT molecular complexity index is 986. The number of nitrogens with one attached hydrogen (secondary N) is 1. The van der Waals surface area contributed by atoms with Crippen LogP contribution in [0.25, 0.3) is 0 Å². The van der Waals surface area contributed by atoms with Crippen molar-refractivity contribution < 1.29 is 9.53 Å². The van der Waals surface area contributed by atoms with Crippen LogP contribution < -0.4 is 10.1 Å². The van der Waals surface area contributed by atoms with Crippen LogP contribution in [0.2, 0.25) is 0 Å². The number of hydrogen-bond acceptors (Lipinski definition) is 5. The molecule has 6 nitrogen and oxygen atoms in total. The first-order valence-electron chi connectivity index (χ1n) is 9.99.